The van der Waals surface area contributed by atoms with Gasteiger partial charge in [-0.25, -0.2) is 4.68 Å². The number of hydrogen-bond donors (Lipinski definition) is 1. The Balaban J connectivity index is 1.53. The van der Waals surface area contributed by atoms with Crippen molar-refractivity contribution < 1.29 is 19.0 Å². The number of hydrogen-bond acceptors (Lipinski definition) is 5. The Morgan fingerprint density at radius 1 is 1.13 bits per heavy atom. The van der Waals surface area contributed by atoms with Crippen molar-refractivity contribution in [2.75, 3.05) is 26.1 Å². The van der Waals surface area contributed by atoms with Crippen molar-refractivity contribution in [1.82, 2.24) is 9.78 Å². The van der Waals surface area contributed by atoms with E-state index in [1.165, 1.54) is 0 Å². The van der Waals surface area contributed by atoms with E-state index in [1.807, 2.05) is 37.3 Å². The molecule has 164 valence electrons. The summed E-state index contributed by atoms with van der Waals surface area (Å²) in [6.07, 6.45) is 2.57. The number of amides is 1. The van der Waals surface area contributed by atoms with Crippen LogP contribution in [0, 0.1) is 6.92 Å². The number of carbonyl (C=O) groups excluding carboxylic acids is 1. The van der Waals surface area contributed by atoms with Gasteiger partial charge in [0.05, 0.1) is 33.6 Å². The fraction of sp³-hybridized carbons (Fsp3) is 0.304. The number of para-hydroxylation sites is 1. The number of ether oxygens (including phenoxy) is 3. The molecule has 1 heterocycles. The average molecular weight is 444 g/mol. The van der Waals surface area contributed by atoms with Crippen molar-refractivity contribution in [2.45, 2.75) is 26.3 Å². The molecule has 1 amide bonds. The quantitative estimate of drug-likeness (QED) is 0.459. The first-order chi connectivity index (χ1) is 15.0. The van der Waals surface area contributed by atoms with Crippen LogP contribution in [0.3, 0.4) is 0 Å². The number of halogens is 1. The number of nitrogens with zero attached hydrogens (tertiary/aromatic N) is 2. The van der Waals surface area contributed by atoms with Gasteiger partial charge in [0.25, 0.3) is 0 Å². The zero-order valence-electron chi connectivity index (χ0n) is 17.9. The van der Waals surface area contributed by atoms with Crippen LogP contribution in [0.15, 0.2) is 48.7 Å². The van der Waals surface area contributed by atoms with Crippen molar-refractivity contribution in [3.63, 3.8) is 0 Å². The number of aromatic nitrogens is 2. The number of methoxy groups -OCH3 is 2. The predicted molar refractivity (Wildman–Crippen MR) is 120 cm³/mol. The predicted octanol–water partition coefficient (Wildman–Crippen LogP) is 4.71. The van der Waals surface area contributed by atoms with E-state index in [9.17, 15) is 4.79 Å². The van der Waals surface area contributed by atoms with E-state index < -0.39 is 0 Å². The molecule has 0 bridgehead atoms. The molecule has 0 spiro atoms. The van der Waals surface area contributed by atoms with Gasteiger partial charge in [-0.2, -0.15) is 5.10 Å². The molecule has 0 aliphatic carbocycles. The summed E-state index contributed by atoms with van der Waals surface area (Å²) in [5.41, 5.74) is 1.86. The van der Waals surface area contributed by atoms with Crippen LogP contribution in [-0.2, 0) is 11.3 Å². The van der Waals surface area contributed by atoms with Crippen LogP contribution < -0.4 is 19.5 Å². The van der Waals surface area contributed by atoms with Gasteiger partial charge in [0.15, 0.2) is 11.5 Å². The van der Waals surface area contributed by atoms with E-state index in [1.54, 1.807) is 37.2 Å². The molecule has 0 aliphatic heterocycles. The molecule has 3 rings (SSSR count). The molecule has 8 heteroatoms. The van der Waals surface area contributed by atoms with Crippen LogP contribution in [0.1, 0.15) is 24.0 Å². The topological polar surface area (TPSA) is 74.6 Å². The lowest BCUT2D eigenvalue weighted by Gasteiger charge is -2.14. The Kier molecular flexibility index (Phi) is 7.78. The van der Waals surface area contributed by atoms with Crippen LogP contribution in [0.25, 0.3) is 0 Å². The largest absolute Gasteiger partial charge is 0.493 e. The number of anilines is 1. The molecule has 0 atom stereocenters. The van der Waals surface area contributed by atoms with E-state index in [-0.39, 0.29) is 5.91 Å². The number of aryl methyl sites for hydroxylation is 1. The van der Waals surface area contributed by atoms with Crippen molar-refractivity contribution in [2.24, 2.45) is 0 Å². The molecule has 0 aliphatic rings. The van der Waals surface area contributed by atoms with Crippen LogP contribution in [0.4, 0.5) is 5.82 Å². The normalized spacial score (nSPS) is 10.6. The van der Waals surface area contributed by atoms with E-state index in [0.29, 0.717) is 48.3 Å². The average Bonchev–Trinajstić information content (AvgIpc) is 3.18. The van der Waals surface area contributed by atoms with Gasteiger partial charge >= 0.3 is 0 Å². The first-order valence-corrected chi connectivity index (χ1v) is 10.3. The van der Waals surface area contributed by atoms with Gasteiger partial charge in [0, 0.05) is 23.1 Å². The van der Waals surface area contributed by atoms with Crippen molar-refractivity contribution >= 4 is 23.3 Å². The highest BCUT2D eigenvalue weighted by Gasteiger charge is 2.13. The third kappa shape index (κ3) is 5.92. The van der Waals surface area contributed by atoms with E-state index in [4.69, 9.17) is 25.8 Å². The fourth-order valence-electron chi connectivity index (χ4n) is 3.20. The minimum absolute atomic E-state index is 0.101. The van der Waals surface area contributed by atoms with Gasteiger partial charge in [0.1, 0.15) is 11.6 Å². The summed E-state index contributed by atoms with van der Waals surface area (Å²) in [7, 11) is 3.19. The molecule has 0 radical (unpaired) electrons. The summed E-state index contributed by atoms with van der Waals surface area (Å²) in [5.74, 6) is 2.58. The van der Waals surface area contributed by atoms with Crippen LogP contribution in [0.5, 0.6) is 17.2 Å². The monoisotopic (exact) mass is 443 g/mol. The lowest BCUT2D eigenvalue weighted by Crippen LogP contribution is -2.17. The van der Waals surface area contributed by atoms with Gasteiger partial charge in [0.2, 0.25) is 5.91 Å². The molecule has 31 heavy (non-hydrogen) atoms. The molecule has 7 nitrogen and oxygen atoms in total. The molecular formula is C23H26ClN3O4. The molecule has 0 fully saturated rings. The third-order valence-electron chi connectivity index (χ3n) is 4.73. The highest BCUT2D eigenvalue weighted by atomic mass is 35.5. The molecule has 1 aromatic heterocycles. The standard InChI is InChI=1S/C23H26ClN3O4/c1-16-14-18(24)9-10-19(16)31-13-5-8-22(28)26-21-11-12-25-27(21)15-17-6-4-7-20(29-2)23(17)30-3/h4,6-7,9-12,14H,5,8,13,15H2,1-3H3,(H,26,28). The Labute approximate surface area is 186 Å². The highest BCUT2D eigenvalue weighted by molar-refractivity contribution is 6.30. The number of benzene rings is 2. The number of carbonyl (C=O) groups is 1. The lowest BCUT2D eigenvalue weighted by atomic mass is 10.2. The van der Waals surface area contributed by atoms with Crippen LogP contribution >= 0.6 is 11.6 Å². The molecule has 0 saturated heterocycles. The zero-order valence-corrected chi connectivity index (χ0v) is 18.6. The summed E-state index contributed by atoms with van der Waals surface area (Å²) in [6.45, 7) is 2.81. The summed E-state index contributed by atoms with van der Waals surface area (Å²) in [4.78, 5) is 12.4. The first-order valence-electron chi connectivity index (χ1n) is 9.92. The molecular weight excluding hydrogens is 418 g/mol. The van der Waals surface area contributed by atoms with E-state index in [0.717, 1.165) is 16.9 Å². The summed E-state index contributed by atoms with van der Waals surface area (Å²) >= 11 is 5.95. The number of nitrogens with one attached hydrogen (secondary N) is 1. The van der Waals surface area contributed by atoms with Gasteiger partial charge < -0.3 is 19.5 Å². The number of rotatable bonds is 10. The maximum atomic E-state index is 12.4. The van der Waals surface area contributed by atoms with Gasteiger partial charge in [-0.15, -0.1) is 0 Å². The lowest BCUT2D eigenvalue weighted by molar-refractivity contribution is -0.116. The highest BCUT2D eigenvalue weighted by Crippen LogP contribution is 2.31. The van der Waals surface area contributed by atoms with Crippen molar-refractivity contribution in [3.8, 4) is 17.2 Å². The summed E-state index contributed by atoms with van der Waals surface area (Å²) < 4.78 is 18.3. The minimum atomic E-state index is -0.101. The summed E-state index contributed by atoms with van der Waals surface area (Å²) in [5, 5.41) is 7.90. The van der Waals surface area contributed by atoms with Crippen LogP contribution in [-0.4, -0.2) is 36.5 Å². The second-order valence-corrected chi connectivity index (χ2v) is 7.37. The Bertz CT molecular complexity index is 1040. The van der Waals surface area contributed by atoms with Crippen molar-refractivity contribution in [1.29, 1.82) is 0 Å². The fourth-order valence-corrected chi connectivity index (χ4v) is 3.43. The first kappa shape index (κ1) is 22.5. The molecule has 2 aromatic carbocycles. The van der Waals surface area contributed by atoms with Gasteiger partial charge in [-0.3, -0.25) is 4.79 Å². The molecule has 3 aromatic rings. The Morgan fingerprint density at radius 2 is 1.97 bits per heavy atom. The maximum absolute atomic E-state index is 12.4. The summed E-state index contributed by atoms with van der Waals surface area (Å²) in [6, 6.07) is 12.9. The van der Waals surface area contributed by atoms with E-state index in [2.05, 4.69) is 10.4 Å². The SMILES string of the molecule is COc1cccc(Cn2nccc2NC(=O)CCCOc2ccc(Cl)cc2C)c1OC. The van der Waals surface area contributed by atoms with E-state index >= 15 is 0 Å². The molecule has 0 saturated carbocycles. The molecule has 0 unspecified atom stereocenters. The smallest absolute Gasteiger partial charge is 0.225 e. The van der Waals surface area contributed by atoms with Gasteiger partial charge in [-0.1, -0.05) is 23.7 Å². The second-order valence-electron chi connectivity index (χ2n) is 6.94. The van der Waals surface area contributed by atoms with Crippen molar-refractivity contribution in [3.05, 3.63) is 64.8 Å². The third-order valence-corrected chi connectivity index (χ3v) is 4.97. The zero-order chi connectivity index (χ0) is 22.2. The Morgan fingerprint density at radius 3 is 2.71 bits per heavy atom. The molecule has 1 N–H and O–H groups in total. The second kappa shape index (κ2) is 10.7. The van der Waals surface area contributed by atoms with Crippen LogP contribution in [0.2, 0.25) is 5.02 Å². The van der Waals surface area contributed by atoms with Gasteiger partial charge in [-0.05, 0) is 43.2 Å². The minimum Gasteiger partial charge on any atom is -0.493 e. The maximum Gasteiger partial charge on any atom is 0.225 e. The Hall–Kier alpha value is -3.19.